The van der Waals surface area contributed by atoms with Gasteiger partial charge in [0.15, 0.2) is 17.7 Å². The Morgan fingerprint density at radius 3 is 2.66 bits per heavy atom. The molecule has 0 aromatic carbocycles. The van der Waals surface area contributed by atoms with E-state index in [2.05, 4.69) is 19.9 Å². The van der Waals surface area contributed by atoms with Crippen LogP contribution in [0.3, 0.4) is 0 Å². The van der Waals surface area contributed by atoms with Crippen molar-refractivity contribution in [2.75, 3.05) is 39.1 Å². The highest BCUT2D eigenvalue weighted by Crippen LogP contribution is 2.57. The zero-order valence-corrected chi connectivity index (χ0v) is 25.0. The average Bonchev–Trinajstić information content (AvgIpc) is 3.80. The molecule has 3 aliphatic heterocycles. The minimum Gasteiger partial charge on any atom is -0.394 e. The van der Waals surface area contributed by atoms with E-state index in [1.165, 1.54) is 30.5 Å². The lowest BCUT2D eigenvalue weighted by atomic mass is 10.1. The van der Waals surface area contributed by atoms with Gasteiger partial charge < -0.3 is 30.2 Å². The molecule has 5 N–H and O–H groups in total. The summed E-state index contributed by atoms with van der Waals surface area (Å²) in [6.07, 6.45) is -0.932. The second-order valence-electron chi connectivity index (χ2n) is 10.9. The highest BCUT2D eigenvalue weighted by Gasteiger charge is 2.49. The summed E-state index contributed by atoms with van der Waals surface area (Å²) in [4.78, 5) is 39.0. The average molecular weight is 639 g/mol. The molecule has 3 aliphatic rings. The Morgan fingerprint density at radius 1 is 1.16 bits per heavy atom. The summed E-state index contributed by atoms with van der Waals surface area (Å²) in [5.74, 6) is 0.185. The lowest BCUT2D eigenvalue weighted by Gasteiger charge is -2.30. The maximum absolute atomic E-state index is 14.4. The third-order valence-electron chi connectivity index (χ3n) is 8.16. The molecule has 8 atom stereocenters. The molecule has 3 aromatic heterocycles. The van der Waals surface area contributed by atoms with Crippen LogP contribution in [0.5, 0.6) is 0 Å². The van der Waals surface area contributed by atoms with Crippen molar-refractivity contribution in [1.82, 2.24) is 33.7 Å². The molecule has 0 spiro atoms. The van der Waals surface area contributed by atoms with Gasteiger partial charge in [-0.05, 0) is 19.8 Å². The summed E-state index contributed by atoms with van der Waals surface area (Å²) in [6, 6.07) is 0. The number of nitrogens with two attached hydrogens (primary N) is 1. The molecule has 0 amide bonds. The van der Waals surface area contributed by atoms with Crippen LogP contribution >= 0.6 is 7.75 Å². The van der Waals surface area contributed by atoms with E-state index in [1.54, 1.807) is 16.2 Å². The first-order valence-corrected chi connectivity index (χ1v) is 15.7. The Kier molecular flexibility index (Phi) is 8.71. The van der Waals surface area contributed by atoms with Crippen LogP contribution in [0.1, 0.15) is 37.3 Å². The van der Waals surface area contributed by atoms with Crippen molar-refractivity contribution in [3.05, 3.63) is 45.3 Å². The first-order valence-electron chi connectivity index (χ1n) is 14.2. The van der Waals surface area contributed by atoms with Gasteiger partial charge in [0, 0.05) is 38.4 Å². The quantitative estimate of drug-likeness (QED) is 0.204. The Labute approximate surface area is 250 Å². The van der Waals surface area contributed by atoms with E-state index < -0.39 is 68.6 Å². The summed E-state index contributed by atoms with van der Waals surface area (Å²) in [5, 5.41) is 21.2. The third kappa shape index (κ3) is 5.61. The van der Waals surface area contributed by atoms with Crippen molar-refractivity contribution in [2.45, 2.75) is 69.2 Å². The third-order valence-corrected chi connectivity index (χ3v) is 10.3. The molecule has 44 heavy (non-hydrogen) atoms. The minimum absolute atomic E-state index is 0.0485. The number of aliphatic hydroxyl groups is 2. The molecule has 0 aliphatic carbocycles. The summed E-state index contributed by atoms with van der Waals surface area (Å²) in [6.45, 7) is 1.63. The maximum atomic E-state index is 14.4. The highest BCUT2D eigenvalue weighted by molar-refractivity contribution is 7.51. The van der Waals surface area contributed by atoms with Crippen LogP contribution < -0.4 is 17.0 Å². The number of aryl methyl sites for hydroxylation is 1. The van der Waals surface area contributed by atoms with Gasteiger partial charge in [-0.15, -0.1) is 0 Å². The number of nitrogens with zero attached hydrogens (tertiary/aromatic N) is 6. The predicted octanol–water partition coefficient (Wildman–Crippen LogP) is -0.574. The molecular formula is C25H35N8O10P. The lowest BCUT2D eigenvalue weighted by Crippen LogP contribution is -2.36. The van der Waals surface area contributed by atoms with E-state index in [9.17, 15) is 24.4 Å². The smallest absolute Gasteiger partial charge is 0.394 e. The van der Waals surface area contributed by atoms with Crippen LogP contribution in [0.25, 0.3) is 11.2 Å². The second-order valence-corrected chi connectivity index (χ2v) is 12.9. The fraction of sp³-hybridized carbons (Fsp3) is 0.640. The number of imidazole rings is 1. The van der Waals surface area contributed by atoms with Gasteiger partial charge in [-0.3, -0.25) is 28.0 Å². The Balaban J connectivity index is 1.20. The van der Waals surface area contributed by atoms with Gasteiger partial charge in [0.05, 0.1) is 19.5 Å². The molecule has 6 heterocycles. The number of hydrogen-bond acceptors (Lipinski definition) is 14. The summed E-state index contributed by atoms with van der Waals surface area (Å²) < 4.78 is 48.5. The van der Waals surface area contributed by atoms with E-state index in [4.69, 9.17) is 29.0 Å². The van der Waals surface area contributed by atoms with Crippen molar-refractivity contribution in [2.24, 2.45) is 0 Å². The highest BCUT2D eigenvalue weighted by atomic mass is 31.2. The SMILES string of the molecule is COC1[C@@H](O)[C@@H](COP(=O)(O[C@@H]2C[C@H](n3cc(C)c(=O)[nH]c3=O)O[C@@H]2CO)N2CCCC2)O[C@H]1n1cnc2c(N)ncnc21. The van der Waals surface area contributed by atoms with E-state index in [0.717, 1.165) is 12.8 Å². The van der Waals surface area contributed by atoms with E-state index in [-0.39, 0.29) is 18.8 Å². The number of H-pyrrole nitrogens is 1. The fourth-order valence-corrected chi connectivity index (χ4v) is 7.83. The molecule has 3 saturated heterocycles. The van der Waals surface area contributed by atoms with Crippen molar-refractivity contribution in [3.8, 4) is 0 Å². The molecule has 0 saturated carbocycles. The Bertz CT molecular complexity index is 1660. The number of fused-ring (bicyclic) bond motifs is 1. The number of nitrogens with one attached hydrogen (secondary N) is 1. The van der Waals surface area contributed by atoms with Gasteiger partial charge in [-0.1, -0.05) is 0 Å². The van der Waals surface area contributed by atoms with Gasteiger partial charge >= 0.3 is 13.4 Å². The zero-order chi connectivity index (χ0) is 31.2. The number of nitrogen functional groups attached to an aromatic ring is 1. The number of methoxy groups -OCH3 is 1. The van der Waals surface area contributed by atoms with Gasteiger partial charge in [0.2, 0.25) is 0 Å². The Morgan fingerprint density at radius 2 is 1.93 bits per heavy atom. The van der Waals surface area contributed by atoms with Crippen LogP contribution in [-0.4, -0.2) is 108 Å². The molecule has 19 heteroatoms. The lowest BCUT2D eigenvalue weighted by molar-refractivity contribution is -0.0614. The molecule has 0 bridgehead atoms. The predicted molar refractivity (Wildman–Crippen MR) is 151 cm³/mol. The molecule has 2 unspecified atom stereocenters. The van der Waals surface area contributed by atoms with Crippen molar-refractivity contribution in [1.29, 1.82) is 0 Å². The van der Waals surface area contributed by atoms with Crippen molar-refractivity contribution >= 4 is 24.7 Å². The minimum atomic E-state index is -4.04. The molecule has 3 aromatic rings. The van der Waals surface area contributed by atoms with Crippen LogP contribution in [0.2, 0.25) is 0 Å². The van der Waals surface area contributed by atoms with Crippen LogP contribution in [0.15, 0.2) is 28.4 Å². The first-order chi connectivity index (χ1) is 21.1. The van der Waals surface area contributed by atoms with Crippen LogP contribution in [-0.2, 0) is 27.8 Å². The number of aromatic amines is 1. The molecule has 3 fully saturated rings. The Hall–Kier alpha value is -3.06. The number of hydrogen-bond donors (Lipinski definition) is 4. The van der Waals surface area contributed by atoms with E-state index in [1.807, 2.05) is 0 Å². The molecule has 240 valence electrons. The number of rotatable bonds is 10. The van der Waals surface area contributed by atoms with E-state index >= 15 is 0 Å². The normalized spacial score (nSPS) is 30.8. The van der Waals surface area contributed by atoms with Gasteiger partial charge in [-0.2, -0.15) is 0 Å². The van der Waals surface area contributed by atoms with Crippen molar-refractivity contribution < 1.29 is 38.0 Å². The van der Waals surface area contributed by atoms with Gasteiger partial charge in [-0.25, -0.2) is 29.0 Å². The number of aromatic nitrogens is 6. The maximum Gasteiger partial charge on any atom is 0.408 e. The van der Waals surface area contributed by atoms with Gasteiger partial charge in [0.1, 0.15) is 48.6 Å². The monoisotopic (exact) mass is 638 g/mol. The first kappa shape index (κ1) is 30.9. The summed E-state index contributed by atoms with van der Waals surface area (Å²) in [5.41, 5.74) is 5.76. The second kappa shape index (κ2) is 12.4. The summed E-state index contributed by atoms with van der Waals surface area (Å²) >= 11 is 0. The zero-order valence-electron chi connectivity index (χ0n) is 24.1. The van der Waals surface area contributed by atoms with Crippen molar-refractivity contribution in [3.63, 3.8) is 0 Å². The molecular weight excluding hydrogens is 603 g/mol. The number of aliphatic hydroxyl groups excluding tert-OH is 2. The molecule has 0 radical (unpaired) electrons. The van der Waals surface area contributed by atoms with Gasteiger partial charge in [0.25, 0.3) is 5.56 Å². The topological polar surface area (TPSA) is 231 Å². The van der Waals surface area contributed by atoms with Crippen LogP contribution in [0, 0.1) is 6.92 Å². The molecule has 6 rings (SSSR count). The molecule has 18 nitrogen and oxygen atoms in total. The standard InChI is InChI=1S/C25H35N8O10P/c1-13-8-32(25(37)30-23(13)36)17-7-14(15(9-34)41-17)43-44(38,31-5-3-4-6-31)40-10-16-19(35)20(39-2)24(42-16)33-12-29-18-21(26)27-11-28-22(18)33/h8,11-12,14-17,19-20,24,34-35H,3-7,9-10H2,1-2H3,(H2,26,27,28)(H,30,36,37)/t14-,15-,16-,17-,19+,20?,24-,44?/m1/s1. The summed E-state index contributed by atoms with van der Waals surface area (Å²) in [7, 11) is -2.61. The van der Waals surface area contributed by atoms with E-state index in [0.29, 0.717) is 29.8 Å². The number of ether oxygens (including phenoxy) is 3. The fourth-order valence-electron chi connectivity index (χ4n) is 5.80. The number of anilines is 1. The van der Waals surface area contributed by atoms with Crippen LogP contribution in [0.4, 0.5) is 5.82 Å². The largest absolute Gasteiger partial charge is 0.408 e.